The van der Waals surface area contributed by atoms with Crippen molar-refractivity contribution in [2.75, 3.05) is 18.8 Å². The van der Waals surface area contributed by atoms with Gasteiger partial charge in [-0.25, -0.2) is 9.37 Å². The number of nitrogens with zero attached hydrogens (tertiary/aromatic N) is 4. The van der Waals surface area contributed by atoms with Crippen molar-refractivity contribution in [3.05, 3.63) is 59.4 Å². The van der Waals surface area contributed by atoms with Crippen LogP contribution >= 0.6 is 34.4 Å². The van der Waals surface area contributed by atoms with Crippen molar-refractivity contribution in [3.63, 3.8) is 0 Å². The van der Waals surface area contributed by atoms with E-state index in [1.165, 1.54) is 29.2 Å². The molecule has 1 atom stereocenters. The Morgan fingerprint density at radius 2 is 1.97 bits per heavy atom. The fraction of sp³-hybridized carbons (Fsp3) is 0.273. The van der Waals surface area contributed by atoms with E-state index in [2.05, 4.69) is 15.2 Å². The van der Waals surface area contributed by atoms with Crippen molar-refractivity contribution in [1.29, 1.82) is 0 Å². The van der Waals surface area contributed by atoms with Crippen LogP contribution in [0.2, 0.25) is 0 Å². The molecule has 1 unspecified atom stereocenters. The van der Waals surface area contributed by atoms with Crippen LogP contribution in [0.4, 0.5) is 4.39 Å². The number of thiazole rings is 1. The molecule has 31 heavy (non-hydrogen) atoms. The lowest BCUT2D eigenvalue weighted by molar-refractivity contribution is -0.129. The monoisotopic (exact) mass is 470 g/mol. The molecule has 1 aliphatic rings. The molecule has 0 N–H and O–H groups in total. The number of carbonyl (C=O) groups excluding carboxylic acids is 1. The van der Waals surface area contributed by atoms with Crippen LogP contribution in [0.15, 0.2) is 52.9 Å². The second-order valence-electron chi connectivity index (χ2n) is 7.34. The van der Waals surface area contributed by atoms with Crippen molar-refractivity contribution in [1.82, 2.24) is 20.1 Å². The van der Waals surface area contributed by atoms with Gasteiger partial charge < -0.3 is 4.90 Å². The number of para-hydroxylation sites is 1. The Labute approximate surface area is 191 Å². The Hall–Kier alpha value is -2.36. The summed E-state index contributed by atoms with van der Waals surface area (Å²) < 4.78 is 16.1. The second-order valence-corrected chi connectivity index (χ2v) is 10.6. The standard InChI is InChI=1S/C22H19FN4OS3/c23-16-8-2-1-7-15(16)21-26-25-20(31-21)14-6-5-11-27(12-14)19(28)13-29-22-24-17-9-3-4-10-18(17)30-22/h1-4,7-10,14H,5-6,11-13H2. The lowest BCUT2D eigenvalue weighted by Gasteiger charge is -2.31. The summed E-state index contributed by atoms with van der Waals surface area (Å²) in [7, 11) is 0. The third kappa shape index (κ3) is 4.49. The minimum Gasteiger partial charge on any atom is -0.341 e. The molecule has 5 nitrogen and oxygen atoms in total. The number of likely N-dealkylation sites (tertiary alicyclic amines) is 1. The number of amides is 1. The summed E-state index contributed by atoms with van der Waals surface area (Å²) in [5.74, 6) is 0.344. The summed E-state index contributed by atoms with van der Waals surface area (Å²) in [6, 6.07) is 14.6. The third-order valence-corrected chi connectivity index (χ3v) is 8.54. The van der Waals surface area contributed by atoms with Gasteiger partial charge >= 0.3 is 0 Å². The molecule has 1 aliphatic heterocycles. The lowest BCUT2D eigenvalue weighted by Crippen LogP contribution is -2.40. The Morgan fingerprint density at radius 3 is 2.84 bits per heavy atom. The fourth-order valence-corrected chi connectivity index (χ4v) is 6.64. The zero-order chi connectivity index (χ0) is 21.2. The highest BCUT2D eigenvalue weighted by Gasteiger charge is 2.27. The quantitative estimate of drug-likeness (QED) is 0.363. The van der Waals surface area contributed by atoms with Gasteiger partial charge in [0, 0.05) is 24.6 Å². The maximum atomic E-state index is 14.1. The van der Waals surface area contributed by atoms with Crippen molar-refractivity contribution in [3.8, 4) is 10.6 Å². The van der Waals surface area contributed by atoms with Crippen molar-refractivity contribution in [2.24, 2.45) is 0 Å². The van der Waals surface area contributed by atoms with E-state index in [4.69, 9.17) is 0 Å². The number of fused-ring (bicyclic) bond motifs is 1. The number of thioether (sulfide) groups is 1. The predicted molar refractivity (Wildman–Crippen MR) is 124 cm³/mol. The van der Waals surface area contributed by atoms with Gasteiger partial charge in [-0.3, -0.25) is 4.79 Å². The number of hydrogen-bond acceptors (Lipinski definition) is 7. The third-order valence-electron chi connectivity index (χ3n) is 5.26. The van der Waals surface area contributed by atoms with E-state index in [1.54, 1.807) is 29.5 Å². The van der Waals surface area contributed by atoms with Gasteiger partial charge in [0.15, 0.2) is 9.35 Å². The molecule has 2 aromatic heterocycles. The van der Waals surface area contributed by atoms with Crippen LogP contribution in [0.25, 0.3) is 20.8 Å². The molecule has 3 heterocycles. The smallest absolute Gasteiger partial charge is 0.233 e. The van der Waals surface area contributed by atoms with Crippen molar-refractivity contribution < 1.29 is 9.18 Å². The molecule has 4 aromatic rings. The molecule has 1 fully saturated rings. The first-order chi connectivity index (χ1) is 15.2. The maximum Gasteiger partial charge on any atom is 0.233 e. The molecule has 0 bridgehead atoms. The van der Waals surface area contributed by atoms with E-state index in [9.17, 15) is 9.18 Å². The highest BCUT2D eigenvalue weighted by Crippen LogP contribution is 2.34. The van der Waals surface area contributed by atoms with Crippen LogP contribution in [-0.2, 0) is 4.79 Å². The maximum absolute atomic E-state index is 14.1. The molecule has 1 amide bonds. The SMILES string of the molecule is O=C(CSc1nc2ccccc2s1)N1CCCC(c2nnc(-c3ccccc3F)s2)C1. The summed E-state index contributed by atoms with van der Waals surface area (Å²) in [6.07, 6.45) is 1.89. The Balaban J connectivity index is 1.23. The van der Waals surface area contributed by atoms with E-state index in [1.807, 2.05) is 29.2 Å². The van der Waals surface area contributed by atoms with Gasteiger partial charge in [0.25, 0.3) is 0 Å². The van der Waals surface area contributed by atoms with Gasteiger partial charge in [-0.15, -0.1) is 21.5 Å². The van der Waals surface area contributed by atoms with Gasteiger partial charge in [0.05, 0.1) is 16.0 Å². The van der Waals surface area contributed by atoms with Crippen molar-refractivity contribution in [2.45, 2.75) is 23.1 Å². The van der Waals surface area contributed by atoms with E-state index >= 15 is 0 Å². The van der Waals surface area contributed by atoms with E-state index < -0.39 is 0 Å². The summed E-state index contributed by atoms with van der Waals surface area (Å²) in [6.45, 7) is 1.39. The van der Waals surface area contributed by atoms with Crippen LogP contribution < -0.4 is 0 Å². The molecule has 9 heteroatoms. The Morgan fingerprint density at radius 1 is 1.13 bits per heavy atom. The summed E-state index contributed by atoms with van der Waals surface area (Å²) >= 11 is 4.54. The van der Waals surface area contributed by atoms with Gasteiger partial charge in [-0.05, 0) is 37.1 Å². The molecular formula is C22H19FN4OS3. The van der Waals surface area contributed by atoms with Crippen LogP contribution in [0.5, 0.6) is 0 Å². The zero-order valence-corrected chi connectivity index (χ0v) is 19.0. The molecule has 0 spiro atoms. The Bertz CT molecular complexity index is 1190. The number of halogens is 1. The number of rotatable bonds is 5. The van der Waals surface area contributed by atoms with E-state index in [0.717, 1.165) is 39.0 Å². The van der Waals surface area contributed by atoms with E-state index in [-0.39, 0.29) is 17.6 Å². The zero-order valence-electron chi connectivity index (χ0n) is 16.5. The molecule has 158 valence electrons. The largest absolute Gasteiger partial charge is 0.341 e. The topological polar surface area (TPSA) is 59.0 Å². The van der Waals surface area contributed by atoms with Gasteiger partial charge in [0.2, 0.25) is 5.91 Å². The summed E-state index contributed by atoms with van der Waals surface area (Å²) in [4.78, 5) is 19.3. The van der Waals surface area contributed by atoms with Gasteiger partial charge in [-0.1, -0.05) is 47.4 Å². The lowest BCUT2D eigenvalue weighted by atomic mass is 9.99. The first-order valence-electron chi connectivity index (χ1n) is 10.0. The van der Waals surface area contributed by atoms with Gasteiger partial charge in [-0.2, -0.15) is 0 Å². The minimum absolute atomic E-state index is 0.118. The fourth-order valence-electron chi connectivity index (χ4n) is 3.68. The number of benzene rings is 2. The molecule has 0 radical (unpaired) electrons. The number of aromatic nitrogens is 3. The molecule has 0 aliphatic carbocycles. The summed E-state index contributed by atoms with van der Waals surface area (Å²) in [5.41, 5.74) is 1.45. The van der Waals surface area contributed by atoms with Gasteiger partial charge in [0.1, 0.15) is 10.8 Å². The highest BCUT2D eigenvalue weighted by molar-refractivity contribution is 8.01. The van der Waals surface area contributed by atoms with Crippen LogP contribution in [0.1, 0.15) is 23.8 Å². The summed E-state index contributed by atoms with van der Waals surface area (Å²) in [5, 5.41) is 9.98. The Kier molecular flexibility index (Phi) is 5.97. The average molecular weight is 471 g/mol. The number of hydrogen-bond donors (Lipinski definition) is 0. The normalized spacial score (nSPS) is 16.7. The first kappa shape index (κ1) is 20.5. The highest BCUT2D eigenvalue weighted by atomic mass is 32.2. The predicted octanol–water partition coefficient (Wildman–Crippen LogP) is 5.45. The van der Waals surface area contributed by atoms with E-state index in [0.29, 0.717) is 22.9 Å². The molecular weight excluding hydrogens is 451 g/mol. The molecule has 1 saturated heterocycles. The molecule has 0 saturated carbocycles. The molecule has 5 rings (SSSR count). The second kappa shape index (κ2) is 9.02. The minimum atomic E-state index is -0.294. The number of piperidine rings is 1. The van der Waals surface area contributed by atoms with Crippen LogP contribution in [-0.4, -0.2) is 44.8 Å². The number of carbonyl (C=O) groups is 1. The molecule has 2 aromatic carbocycles. The van der Waals surface area contributed by atoms with Crippen LogP contribution in [0.3, 0.4) is 0 Å². The van der Waals surface area contributed by atoms with Crippen LogP contribution in [0, 0.1) is 5.82 Å². The van der Waals surface area contributed by atoms with Crippen molar-refractivity contribution >= 4 is 50.6 Å². The average Bonchev–Trinajstić information content (AvgIpc) is 3.45. The first-order valence-corrected chi connectivity index (χ1v) is 12.6.